The quantitative estimate of drug-likeness (QED) is 0.425. The van der Waals surface area contributed by atoms with E-state index in [0.29, 0.717) is 32.5 Å². The van der Waals surface area contributed by atoms with Crippen molar-refractivity contribution in [3.05, 3.63) is 42.5 Å². The summed E-state index contributed by atoms with van der Waals surface area (Å²) in [4.78, 5) is 39.8. The molecule has 8 nitrogen and oxygen atoms in total. The lowest BCUT2D eigenvalue weighted by atomic mass is 10.2. The van der Waals surface area contributed by atoms with Gasteiger partial charge in [0.25, 0.3) is 0 Å². The molecule has 1 saturated heterocycles. The number of methoxy groups -OCH3 is 2. The second-order valence-corrected chi connectivity index (χ2v) is 7.05. The van der Waals surface area contributed by atoms with E-state index < -0.39 is 0 Å². The van der Waals surface area contributed by atoms with E-state index in [1.807, 2.05) is 24.3 Å². The second-order valence-electron chi connectivity index (χ2n) is 7.05. The Morgan fingerprint density at radius 3 is 2.73 bits per heavy atom. The number of benzene rings is 1. The van der Waals surface area contributed by atoms with Crippen LogP contribution < -0.4 is 4.74 Å². The van der Waals surface area contributed by atoms with Crippen LogP contribution in [0, 0.1) is 0 Å². The highest BCUT2D eigenvalue weighted by molar-refractivity contribution is 5.85. The van der Waals surface area contributed by atoms with Crippen molar-refractivity contribution in [3.8, 4) is 5.75 Å². The first-order valence-electron chi connectivity index (χ1n) is 9.94. The number of allylic oxidation sites excluding steroid dienone is 1. The number of hydrogen-bond donors (Lipinski definition) is 0. The van der Waals surface area contributed by atoms with Gasteiger partial charge in [-0.1, -0.05) is 18.2 Å². The van der Waals surface area contributed by atoms with Crippen LogP contribution in [0.3, 0.4) is 0 Å². The molecular weight excluding hydrogens is 388 g/mol. The fourth-order valence-electron chi connectivity index (χ4n) is 3.18. The Morgan fingerprint density at radius 1 is 1.23 bits per heavy atom. The first kappa shape index (κ1) is 23.4. The minimum atomic E-state index is -0.389. The van der Waals surface area contributed by atoms with Crippen LogP contribution in [0.5, 0.6) is 5.75 Å². The van der Waals surface area contributed by atoms with Gasteiger partial charge in [0, 0.05) is 26.1 Å². The number of esters is 1. The number of ether oxygens (including phenoxy) is 3. The molecule has 8 heteroatoms. The highest BCUT2D eigenvalue weighted by Crippen LogP contribution is 2.16. The minimum absolute atomic E-state index is 0.0316. The zero-order chi connectivity index (χ0) is 21.9. The van der Waals surface area contributed by atoms with Crippen molar-refractivity contribution in [1.82, 2.24) is 9.80 Å². The van der Waals surface area contributed by atoms with Crippen molar-refractivity contribution >= 4 is 17.8 Å². The Balaban J connectivity index is 2.09. The van der Waals surface area contributed by atoms with Gasteiger partial charge in [-0.2, -0.15) is 0 Å². The van der Waals surface area contributed by atoms with Crippen molar-refractivity contribution in [2.24, 2.45) is 0 Å². The molecular formula is C22H30N2O6. The van der Waals surface area contributed by atoms with Gasteiger partial charge in [0.15, 0.2) is 0 Å². The van der Waals surface area contributed by atoms with Crippen molar-refractivity contribution in [3.63, 3.8) is 0 Å². The molecule has 0 N–H and O–H groups in total. The third-order valence-electron chi connectivity index (χ3n) is 4.88. The lowest BCUT2D eigenvalue weighted by molar-refractivity contribution is -0.142. The van der Waals surface area contributed by atoms with Gasteiger partial charge < -0.3 is 24.0 Å². The molecule has 0 bridgehead atoms. The van der Waals surface area contributed by atoms with E-state index in [1.54, 1.807) is 18.1 Å². The van der Waals surface area contributed by atoms with E-state index >= 15 is 0 Å². The molecule has 0 aromatic heterocycles. The van der Waals surface area contributed by atoms with E-state index in [2.05, 4.69) is 11.3 Å². The van der Waals surface area contributed by atoms with Gasteiger partial charge in [-0.05, 0) is 24.1 Å². The summed E-state index contributed by atoms with van der Waals surface area (Å²) in [7, 11) is 2.91. The van der Waals surface area contributed by atoms with Crippen LogP contribution in [0.15, 0.2) is 36.9 Å². The van der Waals surface area contributed by atoms with E-state index in [9.17, 15) is 14.4 Å². The highest BCUT2D eigenvalue weighted by atomic mass is 16.5. The molecule has 164 valence electrons. The number of rotatable bonds is 10. The maximum Gasteiger partial charge on any atom is 0.307 e. The fourth-order valence-corrected chi connectivity index (χ4v) is 3.18. The molecule has 2 rings (SSSR count). The summed E-state index contributed by atoms with van der Waals surface area (Å²) in [6.07, 6.45) is 2.23. The molecule has 1 fully saturated rings. The van der Waals surface area contributed by atoms with Crippen LogP contribution in [0.4, 0.5) is 0 Å². The number of nitrogens with zero attached hydrogens (tertiary/aromatic N) is 2. The first-order valence-corrected chi connectivity index (χ1v) is 9.94. The summed E-state index contributed by atoms with van der Waals surface area (Å²) in [5.74, 6) is 0.0132. The standard InChI is InChI=1S/C22H30N2O6/c1-4-5-9-20(25)24-14-19(30-16-17-7-6-8-18(12-17)28-2)13-23(21(26)15-24)11-10-22(27)29-3/h4,6-8,12,19H,1,5,9-11,13-16H2,2-3H3. The molecule has 1 heterocycles. The van der Waals surface area contributed by atoms with Crippen LogP contribution in [-0.4, -0.2) is 74.1 Å². The molecule has 1 unspecified atom stereocenters. The van der Waals surface area contributed by atoms with Crippen molar-refractivity contribution in [1.29, 1.82) is 0 Å². The predicted molar refractivity (Wildman–Crippen MR) is 111 cm³/mol. The summed E-state index contributed by atoms with van der Waals surface area (Å²) < 4.78 is 16.0. The SMILES string of the molecule is C=CCCC(=O)N1CC(=O)N(CCC(=O)OC)CC(OCc2cccc(OC)c2)C1. The van der Waals surface area contributed by atoms with Crippen molar-refractivity contribution in [2.45, 2.75) is 32.0 Å². The van der Waals surface area contributed by atoms with Gasteiger partial charge in [-0.3, -0.25) is 14.4 Å². The average Bonchev–Trinajstić information content (AvgIpc) is 2.92. The minimum Gasteiger partial charge on any atom is -0.497 e. The van der Waals surface area contributed by atoms with Gasteiger partial charge in [-0.15, -0.1) is 6.58 Å². The molecule has 2 amide bonds. The summed E-state index contributed by atoms with van der Waals surface area (Å²) in [5.41, 5.74) is 0.926. The maximum absolute atomic E-state index is 12.7. The van der Waals surface area contributed by atoms with Crippen LogP contribution in [0.2, 0.25) is 0 Å². The van der Waals surface area contributed by atoms with Gasteiger partial charge in [0.1, 0.15) is 5.75 Å². The zero-order valence-electron chi connectivity index (χ0n) is 17.7. The number of carbonyl (C=O) groups is 3. The lowest BCUT2D eigenvalue weighted by Crippen LogP contribution is -2.40. The Kier molecular flexibility index (Phi) is 9.34. The third-order valence-corrected chi connectivity index (χ3v) is 4.88. The van der Waals surface area contributed by atoms with Gasteiger partial charge in [-0.25, -0.2) is 0 Å². The Hall–Kier alpha value is -2.87. The molecule has 0 radical (unpaired) electrons. The van der Waals surface area contributed by atoms with Crippen molar-refractivity contribution in [2.75, 3.05) is 40.4 Å². The number of amides is 2. The average molecular weight is 418 g/mol. The van der Waals surface area contributed by atoms with E-state index in [4.69, 9.17) is 9.47 Å². The van der Waals surface area contributed by atoms with Crippen LogP contribution >= 0.6 is 0 Å². The normalized spacial score (nSPS) is 16.7. The van der Waals surface area contributed by atoms with E-state index in [-0.39, 0.29) is 43.4 Å². The molecule has 0 saturated carbocycles. The fraction of sp³-hybridized carbons (Fsp3) is 0.500. The molecule has 30 heavy (non-hydrogen) atoms. The molecule has 0 spiro atoms. The monoisotopic (exact) mass is 418 g/mol. The Labute approximate surface area is 177 Å². The number of carbonyl (C=O) groups excluding carboxylic acids is 3. The second kappa shape index (κ2) is 12.0. The molecule has 1 aromatic carbocycles. The molecule has 1 aliphatic heterocycles. The van der Waals surface area contributed by atoms with Crippen molar-refractivity contribution < 1.29 is 28.6 Å². The van der Waals surface area contributed by atoms with Crippen LogP contribution in [0.25, 0.3) is 0 Å². The first-order chi connectivity index (χ1) is 14.5. The van der Waals surface area contributed by atoms with Gasteiger partial charge >= 0.3 is 5.97 Å². The van der Waals surface area contributed by atoms with E-state index in [0.717, 1.165) is 11.3 Å². The van der Waals surface area contributed by atoms with E-state index in [1.165, 1.54) is 12.0 Å². The van der Waals surface area contributed by atoms with Gasteiger partial charge in [0.05, 0.1) is 39.9 Å². The summed E-state index contributed by atoms with van der Waals surface area (Å²) in [5, 5.41) is 0. The smallest absolute Gasteiger partial charge is 0.307 e. The lowest BCUT2D eigenvalue weighted by Gasteiger charge is -2.24. The predicted octanol–water partition coefficient (Wildman–Crippen LogP) is 1.78. The highest BCUT2D eigenvalue weighted by Gasteiger charge is 2.30. The topological polar surface area (TPSA) is 85.4 Å². The molecule has 1 aromatic rings. The molecule has 0 aliphatic carbocycles. The summed E-state index contributed by atoms with van der Waals surface area (Å²) in [6, 6.07) is 7.53. The van der Waals surface area contributed by atoms with Crippen LogP contribution in [0.1, 0.15) is 24.8 Å². The summed E-state index contributed by atoms with van der Waals surface area (Å²) >= 11 is 0. The number of hydrogen-bond acceptors (Lipinski definition) is 6. The van der Waals surface area contributed by atoms with Gasteiger partial charge in [0.2, 0.25) is 11.8 Å². The summed E-state index contributed by atoms with van der Waals surface area (Å²) in [6.45, 7) is 4.75. The third kappa shape index (κ3) is 7.18. The largest absolute Gasteiger partial charge is 0.497 e. The zero-order valence-corrected chi connectivity index (χ0v) is 17.7. The molecule has 1 aliphatic rings. The Bertz CT molecular complexity index is 751. The Morgan fingerprint density at radius 2 is 2.03 bits per heavy atom. The van der Waals surface area contributed by atoms with Crippen LogP contribution in [-0.2, 0) is 30.5 Å². The maximum atomic E-state index is 12.7. The molecule has 1 atom stereocenters.